The zero-order valence-corrected chi connectivity index (χ0v) is 23.0. The maximum Gasteiger partial charge on any atom is 0.390 e. The van der Waals surface area contributed by atoms with Crippen LogP contribution in [0.5, 0.6) is 0 Å². The second kappa shape index (κ2) is 11.3. The number of nitrogens with zero attached hydrogens (tertiary/aromatic N) is 6. The van der Waals surface area contributed by atoms with E-state index < -0.39 is 52.7 Å². The van der Waals surface area contributed by atoms with Crippen LogP contribution in [0, 0.1) is 5.92 Å². The topological polar surface area (TPSA) is 107 Å². The van der Waals surface area contributed by atoms with Gasteiger partial charge in [-0.1, -0.05) is 0 Å². The van der Waals surface area contributed by atoms with E-state index in [1.807, 2.05) is 0 Å². The Morgan fingerprint density at radius 1 is 1.20 bits per heavy atom. The van der Waals surface area contributed by atoms with E-state index in [0.717, 1.165) is 10.9 Å². The van der Waals surface area contributed by atoms with Crippen molar-refractivity contribution in [2.75, 3.05) is 0 Å². The molecule has 3 aromatic rings. The van der Waals surface area contributed by atoms with E-state index in [-0.39, 0.29) is 37.2 Å². The number of alkyl halides is 5. The molecule has 1 fully saturated rings. The Hall–Kier alpha value is -3.23. The van der Waals surface area contributed by atoms with Gasteiger partial charge in [-0.05, 0) is 45.6 Å². The molecule has 218 valence electrons. The summed E-state index contributed by atoms with van der Waals surface area (Å²) < 4.78 is 83.8. The van der Waals surface area contributed by atoms with Gasteiger partial charge in [0.1, 0.15) is 11.0 Å². The SMILES string of the molecule is CC(C)(C)[S@](=O)/N=C/c1cnn2cc([C@@H](NC(=O)c3cnn(CCC(F)(F)F)c3)C3CCC(F)(F)CC3)nc2c1. The Bertz CT molecular complexity index is 1400. The molecule has 9 nitrogen and oxygen atoms in total. The monoisotopic (exact) mass is 587 g/mol. The minimum Gasteiger partial charge on any atom is -0.343 e. The van der Waals surface area contributed by atoms with Gasteiger partial charge in [0, 0.05) is 37.4 Å². The molecule has 40 heavy (non-hydrogen) atoms. The van der Waals surface area contributed by atoms with Gasteiger partial charge in [-0.15, -0.1) is 0 Å². The van der Waals surface area contributed by atoms with E-state index in [0.29, 0.717) is 16.9 Å². The Morgan fingerprint density at radius 2 is 1.90 bits per heavy atom. The van der Waals surface area contributed by atoms with Crippen LogP contribution < -0.4 is 5.32 Å². The molecule has 0 radical (unpaired) electrons. The molecule has 0 saturated heterocycles. The fraction of sp³-hybridized carbons (Fsp3) is 0.560. The molecule has 1 amide bonds. The van der Waals surface area contributed by atoms with Crippen LogP contribution in [0.2, 0.25) is 0 Å². The minimum atomic E-state index is -4.37. The van der Waals surface area contributed by atoms with Crippen LogP contribution >= 0.6 is 0 Å². The van der Waals surface area contributed by atoms with E-state index >= 15 is 0 Å². The zero-order chi connectivity index (χ0) is 29.3. The van der Waals surface area contributed by atoms with Crippen molar-refractivity contribution in [1.29, 1.82) is 0 Å². The van der Waals surface area contributed by atoms with Crippen molar-refractivity contribution in [2.24, 2.45) is 10.3 Å². The van der Waals surface area contributed by atoms with E-state index in [1.54, 1.807) is 33.0 Å². The summed E-state index contributed by atoms with van der Waals surface area (Å²) in [5.41, 5.74) is 1.39. The number of imidazole rings is 1. The highest BCUT2D eigenvalue weighted by Crippen LogP contribution is 2.41. The number of hydrogen-bond acceptors (Lipinski definition) is 5. The van der Waals surface area contributed by atoms with Crippen molar-refractivity contribution in [3.05, 3.63) is 47.7 Å². The van der Waals surface area contributed by atoms with Crippen molar-refractivity contribution < 1.29 is 31.0 Å². The predicted molar refractivity (Wildman–Crippen MR) is 138 cm³/mol. The third kappa shape index (κ3) is 7.70. The average molecular weight is 588 g/mol. The van der Waals surface area contributed by atoms with Crippen LogP contribution in [0.1, 0.15) is 80.5 Å². The molecule has 0 unspecified atom stereocenters. The zero-order valence-electron chi connectivity index (χ0n) is 22.2. The van der Waals surface area contributed by atoms with Crippen molar-refractivity contribution in [2.45, 2.75) is 82.3 Å². The van der Waals surface area contributed by atoms with E-state index in [2.05, 4.69) is 24.9 Å². The molecule has 1 aliphatic rings. The molecule has 1 N–H and O–H groups in total. The molecule has 0 bridgehead atoms. The van der Waals surface area contributed by atoms with E-state index in [9.17, 15) is 31.0 Å². The van der Waals surface area contributed by atoms with Crippen LogP contribution in [0.4, 0.5) is 22.0 Å². The molecule has 3 aromatic heterocycles. The Morgan fingerprint density at radius 3 is 2.55 bits per heavy atom. The van der Waals surface area contributed by atoms with Crippen molar-refractivity contribution in [1.82, 2.24) is 29.7 Å². The Balaban J connectivity index is 1.57. The number of aryl methyl sites for hydroxylation is 1. The quantitative estimate of drug-likeness (QED) is 0.293. The second-order valence-electron chi connectivity index (χ2n) is 10.9. The Kier molecular flexibility index (Phi) is 8.43. The lowest BCUT2D eigenvalue weighted by Gasteiger charge is -2.33. The lowest BCUT2D eigenvalue weighted by atomic mass is 9.81. The van der Waals surface area contributed by atoms with Crippen LogP contribution in [0.15, 0.2) is 35.3 Å². The predicted octanol–water partition coefficient (Wildman–Crippen LogP) is 5.06. The third-order valence-electron chi connectivity index (χ3n) is 6.54. The van der Waals surface area contributed by atoms with Gasteiger partial charge in [0.05, 0.1) is 47.1 Å². The average Bonchev–Trinajstić information content (AvgIpc) is 3.50. The summed E-state index contributed by atoms with van der Waals surface area (Å²) in [6, 6.07) is 0.910. The van der Waals surface area contributed by atoms with Crippen LogP contribution in [0.25, 0.3) is 5.65 Å². The second-order valence-corrected chi connectivity index (χ2v) is 12.8. The number of carbonyl (C=O) groups is 1. The first-order valence-corrected chi connectivity index (χ1v) is 13.8. The lowest BCUT2D eigenvalue weighted by molar-refractivity contribution is -0.137. The summed E-state index contributed by atoms with van der Waals surface area (Å²) in [6.07, 6.45) is 1.05. The van der Waals surface area contributed by atoms with Crippen LogP contribution in [-0.4, -0.2) is 57.6 Å². The molecule has 2 atom stereocenters. The number of hydrogen-bond donors (Lipinski definition) is 1. The van der Waals surface area contributed by atoms with Gasteiger partial charge in [-0.2, -0.15) is 27.8 Å². The van der Waals surface area contributed by atoms with Crippen LogP contribution in [0.3, 0.4) is 0 Å². The molecular weight excluding hydrogens is 557 g/mol. The van der Waals surface area contributed by atoms with Gasteiger partial charge in [0.15, 0.2) is 5.65 Å². The highest BCUT2D eigenvalue weighted by molar-refractivity contribution is 7.85. The Labute approximate surface area is 229 Å². The number of amides is 1. The summed E-state index contributed by atoms with van der Waals surface area (Å²) in [5.74, 6) is -3.75. The fourth-order valence-electron chi connectivity index (χ4n) is 4.30. The standard InChI is InChI=1S/C25H30F5N7O2S/c1-23(2,3)40(39)33-12-16-10-20-34-19(15-37(20)32-11-16)21(17-4-6-24(26,27)7-5-17)35-22(38)18-13-31-36(14-18)9-8-25(28,29)30/h10-15,17,21H,4-9H2,1-3H3,(H,35,38)/b33-12+/t21-,40-/m0/s1. The van der Waals surface area contributed by atoms with Crippen molar-refractivity contribution in [3.63, 3.8) is 0 Å². The molecule has 0 spiro atoms. The molecule has 4 rings (SSSR count). The number of fused-ring (bicyclic) bond motifs is 1. The summed E-state index contributed by atoms with van der Waals surface area (Å²) in [4.78, 5) is 17.7. The smallest absolute Gasteiger partial charge is 0.343 e. The normalized spacial score (nSPS) is 18.3. The fourth-order valence-corrected chi connectivity index (χ4v) is 4.83. The maximum absolute atomic E-state index is 13.9. The molecular formula is C25H30F5N7O2S. The molecule has 1 saturated carbocycles. The van der Waals surface area contributed by atoms with Gasteiger partial charge in [0.2, 0.25) is 5.92 Å². The largest absolute Gasteiger partial charge is 0.390 e. The van der Waals surface area contributed by atoms with E-state index in [1.165, 1.54) is 23.1 Å². The third-order valence-corrected chi connectivity index (χ3v) is 7.88. The summed E-state index contributed by atoms with van der Waals surface area (Å²) in [7, 11) is -1.47. The molecule has 15 heteroatoms. The van der Waals surface area contributed by atoms with Gasteiger partial charge in [-0.25, -0.2) is 22.5 Å². The number of carbonyl (C=O) groups excluding carboxylic acids is 1. The molecule has 3 heterocycles. The summed E-state index contributed by atoms with van der Waals surface area (Å²) in [6.45, 7) is 4.95. The lowest BCUT2D eigenvalue weighted by Crippen LogP contribution is -2.37. The van der Waals surface area contributed by atoms with Crippen molar-refractivity contribution in [3.8, 4) is 0 Å². The molecule has 0 aliphatic heterocycles. The minimum absolute atomic E-state index is 0.0422. The molecule has 1 aliphatic carbocycles. The number of aromatic nitrogens is 5. The van der Waals surface area contributed by atoms with Gasteiger partial charge in [0.25, 0.3) is 5.91 Å². The van der Waals surface area contributed by atoms with Gasteiger partial charge in [-0.3, -0.25) is 9.48 Å². The highest BCUT2D eigenvalue weighted by atomic mass is 32.2. The van der Waals surface area contributed by atoms with Crippen LogP contribution in [-0.2, 0) is 17.5 Å². The first kappa shape index (κ1) is 29.7. The first-order valence-electron chi connectivity index (χ1n) is 12.7. The summed E-state index contributed by atoms with van der Waals surface area (Å²) >= 11 is 0. The van der Waals surface area contributed by atoms with Gasteiger partial charge >= 0.3 is 6.18 Å². The van der Waals surface area contributed by atoms with Gasteiger partial charge < -0.3 is 5.32 Å². The number of halogens is 5. The van der Waals surface area contributed by atoms with E-state index in [4.69, 9.17) is 0 Å². The first-order chi connectivity index (χ1) is 18.6. The van der Waals surface area contributed by atoms with Crippen molar-refractivity contribution >= 4 is 28.8 Å². The number of nitrogens with one attached hydrogen (secondary N) is 1. The summed E-state index contributed by atoms with van der Waals surface area (Å²) in [5, 5.41) is 11.0. The molecule has 0 aromatic carbocycles. The highest BCUT2D eigenvalue weighted by Gasteiger charge is 2.39. The number of rotatable bonds is 8. The maximum atomic E-state index is 13.9.